The Kier molecular flexibility index (Phi) is 51.9. The molecule has 12 heteroatoms. The Morgan fingerprint density at radius 2 is 0.759 bits per heavy atom. The first-order chi connectivity index (χ1) is 38.6. The van der Waals surface area contributed by atoms with Gasteiger partial charge in [0.15, 0.2) is 24.6 Å². The normalized spacial score (nSPS) is 18.0. The van der Waals surface area contributed by atoms with Crippen molar-refractivity contribution >= 4 is 23.9 Å². The molecule has 3 N–H and O–H groups in total. The van der Waals surface area contributed by atoms with E-state index in [1.165, 1.54) is 167 Å². The fourth-order valence-corrected chi connectivity index (χ4v) is 10.1. The molecule has 0 radical (unpaired) electrons. The summed E-state index contributed by atoms with van der Waals surface area (Å²) in [7, 11) is 0. The van der Waals surface area contributed by atoms with Crippen LogP contribution in [0.4, 0.5) is 0 Å². The van der Waals surface area contributed by atoms with Crippen molar-refractivity contribution in [2.24, 2.45) is 0 Å². The predicted octanol–water partition coefficient (Wildman–Crippen LogP) is 17.6. The lowest BCUT2D eigenvalue weighted by Gasteiger charge is -2.40. The van der Waals surface area contributed by atoms with Crippen LogP contribution >= 0.6 is 0 Å². The van der Waals surface area contributed by atoms with E-state index >= 15 is 0 Å². The van der Waals surface area contributed by atoms with Crippen LogP contribution in [0.2, 0.25) is 0 Å². The van der Waals surface area contributed by atoms with Crippen molar-refractivity contribution in [1.29, 1.82) is 0 Å². The molecule has 0 bridgehead atoms. The van der Waals surface area contributed by atoms with Crippen LogP contribution in [-0.4, -0.2) is 89.2 Å². The Bertz CT molecular complexity index is 1510. The number of hydrogen-bond donors (Lipinski definition) is 3. The summed E-state index contributed by atoms with van der Waals surface area (Å²) in [5.41, 5.74) is 0. The van der Waals surface area contributed by atoms with Crippen LogP contribution < -0.4 is 0 Å². The first-order valence-corrected chi connectivity index (χ1v) is 33.0. The molecular formula is C67H120O12. The Balaban J connectivity index is 2.63. The van der Waals surface area contributed by atoms with Gasteiger partial charge >= 0.3 is 23.9 Å². The van der Waals surface area contributed by atoms with Crippen LogP contribution in [0.1, 0.15) is 316 Å². The molecule has 0 spiro atoms. The molecule has 1 aliphatic heterocycles. The zero-order valence-corrected chi connectivity index (χ0v) is 50.9. The number of carbonyl (C=O) groups excluding carboxylic acids is 3. The topological polar surface area (TPSA) is 175 Å². The number of aliphatic hydroxyl groups excluding tert-OH is 2. The lowest BCUT2D eigenvalue weighted by molar-refractivity contribution is -0.301. The molecule has 1 rings (SSSR count). The quantitative estimate of drug-likeness (QED) is 0.0228. The Morgan fingerprint density at radius 3 is 1.19 bits per heavy atom. The minimum atomic E-state index is -1.90. The predicted molar refractivity (Wildman–Crippen MR) is 322 cm³/mol. The maximum absolute atomic E-state index is 13.2. The van der Waals surface area contributed by atoms with Crippen molar-refractivity contribution in [3.05, 3.63) is 36.5 Å². The summed E-state index contributed by atoms with van der Waals surface area (Å²) in [6.07, 6.45) is 53.9. The van der Waals surface area contributed by atoms with E-state index in [0.29, 0.717) is 19.3 Å². The summed E-state index contributed by atoms with van der Waals surface area (Å²) in [4.78, 5) is 51.3. The number of aliphatic carboxylic acids is 1. The van der Waals surface area contributed by atoms with Crippen LogP contribution in [0.15, 0.2) is 36.5 Å². The highest BCUT2D eigenvalue weighted by atomic mass is 16.7. The highest BCUT2D eigenvalue weighted by Gasteiger charge is 2.50. The monoisotopic (exact) mass is 1120 g/mol. The van der Waals surface area contributed by atoms with Crippen LogP contribution in [0.25, 0.3) is 0 Å². The average Bonchev–Trinajstić information content (AvgIpc) is 3.47. The van der Waals surface area contributed by atoms with E-state index in [1.807, 2.05) is 0 Å². The number of ether oxygens (including phenoxy) is 5. The summed E-state index contributed by atoms with van der Waals surface area (Å²) in [6.45, 7) is 5.99. The number of hydrogen-bond acceptors (Lipinski definition) is 11. The molecule has 6 unspecified atom stereocenters. The number of rotatable bonds is 57. The SMILES string of the molecule is CCCCC/C=C\C/C=C\CCCCCCCCCCCC(=O)OCC(COC1OC(C(=O)O)C(O)C(O)C1OC(=O)CCCCCCCCCCCCCCCCCCC)OC(=O)CCCCCCC/C=C\CCCCCC. The molecule has 0 saturated carbocycles. The fourth-order valence-electron chi connectivity index (χ4n) is 10.1. The molecular weight excluding hydrogens is 997 g/mol. The van der Waals surface area contributed by atoms with Crippen LogP contribution in [0, 0.1) is 0 Å². The lowest BCUT2D eigenvalue weighted by Crippen LogP contribution is -2.61. The molecule has 0 amide bonds. The maximum Gasteiger partial charge on any atom is 0.335 e. The third-order valence-corrected chi connectivity index (χ3v) is 15.2. The molecule has 460 valence electrons. The zero-order chi connectivity index (χ0) is 57.5. The number of carbonyl (C=O) groups is 4. The standard InChI is InChI=1S/C67H120O12/c1-4-7-10-13-16-19-22-25-27-29-30-32-33-36-38-41-44-47-50-53-59(68)75-56-58(77-60(69)54-51-48-45-42-39-35-24-21-18-15-12-9-6-3)57-76-67-65(63(72)62(71)64(79-67)66(73)74)78-61(70)55-52-49-46-43-40-37-34-31-28-26-23-20-17-14-11-8-5-2/h16,19,21,24-25,27,58,62-65,67,71-72H,4-15,17-18,20,22-23,26,28-57H2,1-3H3,(H,73,74)/b19-16-,24-21-,27-25-. The van der Waals surface area contributed by atoms with E-state index in [2.05, 4.69) is 57.2 Å². The third-order valence-electron chi connectivity index (χ3n) is 15.2. The summed E-state index contributed by atoms with van der Waals surface area (Å²) in [5.74, 6) is -3.10. The fraction of sp³-hybridized carbons (Fsp3) is 0.851. The number of carboxylic acid groups (broad SMARTS) is 1. The number of carboxylic acids is 1. The van der Waals surface area contributed by atoms with Crippen molar-refractivity contribution in [2.75, 3.05) is 13.2 Å². The van der Waals surface area contributed by atoms with Crippen LogP contribution in [-0.2, 0) is 42.9 Å². The van der Waals surface area contributed by atoms with E-state index in [4.69, 9.17) is 23.7 Å². The average molecular weight is 1120 g/mol. The van der Waals surface area contributed by atoms with Crippen LogP contribution in [0.3, 0.4) is 0 Å². The number of aliphatic hydroxyl groups is 2. The zero-order valence-electron chi connectivity index (χ0n) is 50.9. The maximum atomic E-state index is 13.2. The van der Waals surface area contributed by atoms with Gasteiger partial charge in [0.05, 0.1) is 6.61 Å². The highest BCUT2D eigenvalue weighted by molar-refractivity contribution is 5.74. The molecule has 0 aromatic rings. The molecule has 79 heavy (non-hydrogen) atoms. The van der Waals surface area contributed by atoms with Gasteiger partial charge in [0.1, 0.15) is 18.8 Å². The number of esters is 3. The molecule has 0 aromatic carbocycles. The third kappa shape index (κ3) is 45.2. The molecule has 1 saturated heterocycles. The molecule has 1 heterocycles. The van der Waals surface area contributed by atoms with Gasteiger partial charge in [0.25, 0.3) is 0 Å². The minimum Gasteiger partial charge on any atom is -0.479 e. The van der Waals surface area contributed by atoms with Crippen molar-refractivity contribution in [3.63, 3.8) is 0 Å². The van der Waals surface area contributed by atoms with Gasteiger partial charge < -0.3 is 39.0 Å². The largest absolute Gasteiger partial charge is 0.479 e. The molecule has 12 nitrogen and oxygen atoms in total. The first kappa shape index (κ1) is 74.0. The first-order valence-electron chi connectivity index (χ1n) is 33.0. The van der Waals surface area contributed by atoms with Crippen molar-refractivity contribution in [3.8, 4) is 0 Å². The molecule has 0 aliphatic carbocycles. The Morgan fingerprint density at radius 1 is 0.418 bits per heavy atom. The molecule has 6 atom stereocenters. The summed E-state index contributed by atoms with van der Waals surface area (Å²) >= 11 is 0. The van der Waals surface area contributed by atoms with E-state index in [1.54, 1.807) is 0 Å². The van der Waals surface area contributed by atoms with E-state index < -0.39 is 67.3 Å². The minimum absolute atomic E-state index is 0.0652. The van der Waals surface area contributed by atoms with Gasteiger partial charge in [-0.2, -0.15) is 0 Å². The number of allylic oxidation sites excluding steroid dienone is 6. The Labute approximate surface area is 482 Å². The summed E-state index contributed by atoms with van der Waals surface area (Å²) in [5, 5.41) is 31.6. The number of unbranched alkanes of at least 4 members (excludes halogenated alkanes) is 37. The van der Waals surface area contributed by atoms with Gasteiger partial charge in [-0.3, -0.25) is 14.4 Å². The van der Waals surface area contributed by atoms with Gasteiger partial charge in [-0.15, -0.1) is 0 Å². The van der Waals surface area contributed by atoms with Gasteiger partial charge in [-0.05, 0) is 77.0 Å². The van der Waals surface area contributed by atoms with Gasteiger partial charge in [-0.25, -0.2) is 4.79 Å². The van der Waals surface area contributed by atoms with Crippen molar-refractivity contribution in [2.45, 2.75) is 353 Å². The molecule has 0 aromatic heterocycles. The van der Waals surface area contributed by atoms with E-state index in [0.717, 1.165) is 89.9 Å². The lowest BCUT2D eigenvalue weighted by atomic mass is 9.98. The van der Waals surface area contributed by atoms with Crippen molar-refractivity contribution in [1.82, 2.24) is 0 Å². The van der Waals surface area contributed by atoms with Gasteiger partial charge in [0, 0.05) is 19.3 Å². The van der Waals surface area contributed by atoms with E-state index in [9.17, 15) is 34.5 Å². The van der Waals surface area contributed by atoms with Crippen molar-refractivity contribution < 1.29 is 58.2 Å². The highest BCUT2D eigenvalue weighted by Crippen LogP contribution is 2.27. The van der Waals surface area contributed by atoms with Crippen LogP contribution in [0.5, 0.6) is 0 Å². The molecule has 1 fully saturated rings. The molecule has 1 aliphatic rings. The summed E-state index contributed by atoms with van der Waals surface area (Å²) in [6, 6.07) is 0. The smallest absolute Gasteiger partial charge is 0.335 e. The second kappa shape index (κ2) is 55.5. The second-order valence-corrected chi connectivity index (χ2v) is 22.8. The second-order valence-electron chi connectivity index (χ2n) is 22.8. The van der Waals surface area contributed by atoms with E-state index in [-0.39, 0.29) is 25.9 Å². The Hall–Kier alpha value is -3.06. The van der Waals surface area contributed by atoms with Gasteiger partial charge in [0.2, 0.25) is 0 Å². The summed E-state index contributed by atoms with van der Waals surface area (Å²) < 4.78 is 28.5. The van der Waals surface area contributed by atoms with Gasteiger partial charge in [-0.1, -0.05) is 256 Å².